The number of cyclic esters (lactones) is 1. The quantitative estimate of drug-likeness (QED) is 0.539. The summed E-state index contributed by atoms with van der Waals surface area (Å²) in [6.07, 6.45) is 13.0. The Labute approximate surface area is 215 Å². The average molecular weight is 504 g/mol. The van der Waals surface area contributed by atoms with Gasteiger partial charge < -0.3 is 24.3 Å². The molecule has 1 aromatic heterocycles. The summed E-state index contributed by atoms with van der Waals surface area (Å²) in [4.78, 5) is 30.8. The molecule has 1 saturated heterocycles. The fraction of sp³-hybridized carbons (Fsp3) is 0.321. The van der Waals surface area contributed by atoms with Crippen LogP contribution in [-0.4, -0.2) is 48.2 Å². The summed E-state index contributed by atoms with van der Waals surface area (Å²) < 4.78 is 22.1. The van der Waals surface area contributed by atoms with Crippen LogP contribution in [0.2, 0.25) is 0 Å². The van der Waals surface area contributed by atoms with E-state index < -0.39 is 12.2 Å². The van der Waals surface area contributed by atoms with Crippen LogP contribution in [0.5, 0.6) is 5.75 Å². The molecule has 192 valence electrons. The van der Waals surface area contributed by atoms with Gasteiger partial charge in [0.2, 0.25) is 11.8 Å². The molecule has 1 fully saturated rings. The summed E-state index contributed by atoms with van der Waals surface area (Å²) in [6, 6.07) is 7.67. The van der Waals surface area contributed by atoms with Crippen LogP contribution in [0.4, 0.5) is 4.79 Å². The van der Waals surface area contributed by atoms with Gasteiger partial charge in [0.05, 0.1) is 25.6 Å². The zero-order chi connectivity index (χ0) is 25.6. The number of carbonyl (C=O) groups excluding carboxylic acids is 2. The second kappa shape index (κ2) is 11.2. The number of rotatable bonds is 9. The smallest absolute Gasteiger partial charge is 0.417 e. The standard InChI is InChI=1S/C28H29N3O6/c1-34-21-7-8-25-24(14-21)20(9-11-29-25)10-12-30-26(32)15-22-16-31(28(33)37-22)27-18-35-17-23(36-27)13-19-5-3-2-4-6-19/h2-3,5,7-9,11,14,17-18,22H,4,6,10,12-13,15-16H2,1H3,(H,30,32). The summed E-state index contributed by atoms with van der Waals surface area (Å²) >= 11 is 0. The number of benzene rings is 1. The molecule has 3 heterocycles. The van der Waals surface area contributed by atoms with Gasteiger partial charge in [-0.1, -0.05) is 23.8 Å². The third-order valence-corrected chi connectivity index (χ3v) is 6.41. The van der Waals surface area contributed by atoms with Crippen LogP contribution >= 0.6 is 0 Å². The van der Waals surface area contributed by atoms with Crippen molar-refractivity contribution in [2.24, 2.45) is 0 Å². The predicted molar refractivity (Wildman–Crippen MR) is 136 cm³/mol. The van der Waals surface area contributed by atoms with Crippen LogP contribution in [0, 0.1) is 0 Å². The maximum atomic E-state index is 12.6. The van der Waals surface area contributed by atoms with Crippen molar-refractivity contribution >= 4 is 22.9 Å². The van der Waals surface area contributed by atoms with Gasteiger partial charge in [-0.15, -0.1) is 0 Å². The Hall–Kier alpha value is -4.27. The topological polar surface area (TPSA) is 99.2 Å². The van der Waals surface area contributed by atoms with Crippen molar-refractivity contribution in [1.29, 1.82) is 0 Å². The van der Waals surface area contributed by atoms with Crippen molar-refractivity contribution in [1.82, 2.24) is 15.2 Å². The van der Waals surface area contributed by atoms with E-state index in [0.29, 0.717) is 25.1 Å². The number of fused-ring (bicyclic) bond motifs is 1. The van der Waals surface area contributed by atoms with Crippen molar-refractivity contribution in [2.45, 2.75) is 38.2 Å². The van der Waals surface area contributed by atoms with Gasteiger partial charge in [-0.25, -0.2) is 9.69 Å². The second-order valence-corrected chi connectivity index (χ2v) is 9.02. The second-order valence-electron chi connectivity index (χ2n) is 9.02. The maximum Gasteiger partial charge on any atom is 0.417 e. The average Bonchev–Trinajstić information content (AvgIpc) is 3.28. The number of nitrogens with one attached hydrogen (secondary N) is 1. The summed E-state index contributed by atoms with van der Waals surface area (Å²) in [6.45, 7) is 0.649. The van der Waals surface area contributed by atoms with Crippen molar-refractivity contribution in [3.63, 3.8) is 0 Å². The molecule has 9 heteroatoms. The van der Waals surface area contributed by atoms with E-state index in [1.165, 1.54) is 23.0 Å². The first kappa shape index (κ1) is 24.4. The molecule has 1 atom stereocenters. The van der Waals surface area contributed by atoms with Crippen molar-refractivity contribution < 1.29 is 28.5 Å². The van der Waals surface area contributed by atoms with Crippen LogP contribution in [-0.2, 0) is 25.4 Å². The van der Waals surface area contributed by atoms with E-state index in [1.54, 1.807) is 13.3 Å². The Morgan fingerprint density at radius 2 is 2.19 bits per heavy atom. The zero-order valence-corrected chi connectivity index (χ0v) is 20.6. The summed E-state index contributed by atoms with van der Waals surface area (Å²) in [5, 5.41) is 3.91. The van der Waals surface area contributed by atoms with E-state index >= 15 is 0 Å². The number of pyridine rings is 1. The monoisotopic (exact) mass is 503 g/mol. The fourth-order valence-corrected chi connectivity index (χ4v) is 4.52. The molecule has 2 aliphatic heterocycles. The Morgan fingerprint density at radius 1 is 1.27 bits per heavy atom. The minimum absolute atomic E-state index is 0.0587. The van der Waals surface area contributed by atoms with Crippen LogP contribution in [0.25, 0.3) is 10.9 Å². The number of carbonyl (C=O) groups is 2. The first-order chi connectivity index (χ1) is 18.1. The van der Waals surface area contributed by atoms with Crippen LogP contribution in [0.15, 0.2) is 78.4 Å². The lowest BCUT2D eigenvalue weighted by Gasteiger charge is -2.22. The normalized spacial score (nSPS) is 18.8. The zero-order valence-electron chi connectivity index (χ0n) is 20.6. The molecule has 9 nitrogen and oxygen atoms in total. The molecule has 2 amide bonds. The Balaban J connectivity index is 1.10. The highest BCUT2D eigenvalue weighted by atomic mass is 16.6. The third-order valence-electron chi connectivity index (χ3n) is 6.41. The van der Waals surface area contributed by atoms with E-state index in [2.05, 4.69) is 22.5 Å². The number of hydrogen-bond donors (Lipinski definition) is 1. The SMILES string of the molecule is COc1ccc2nccc(CCNC(=O)CC3CN(C4=COC=C(CC5=CC=CCC5)O4)C(=O)O3)c2c1. The minimum Gasteiger partial charge on any atom is -0.497 e. The lowest BCUT2D eigenvalue weighted by atomic mass is 10.0. The number of aromatic nitrogens is 1. The molecule has 0 saturated carbocycles. The number of ether oxygens (including phenoxy) is 4. The molecule has 5 rings (SSSR count). The maximum absolute atomic E-state index is 12.6. The molecule has 1 unspecified atom stereocenters. The Bertz CT molecular complexity index is 1310. The molecule has 0 radical (unpaired) electrons. The number of amides is 2. The molecule has 3 aliphatic rings. The molecular weight excluding hydrogens is 474 g/mol. The molecular formula is C28H29N3O6. The fourth-order valence-electron chi connectivity index (χ4n) is 4.52. The summed E-state index contributed by atoms with van der Waals surface area (Å²) in [5.74, 6) is 1.45. The highest BCUT2D eigenvalue weighted by molar-refractivity contribution is 5.83. The van der Waals surface area contributed by atoms with E-state index in [1.807, 2.05) is 30.3 Å². The molecule has 0 bridgehead atoms. The number of nitrogens with zero attached hydrogens (tertiary/aromatic N) is 2. The lowest BCUT2D eigenvalue weighted by molar-refractivity contribution is -0.122. The Kier molecular flexibility index (Phi) is 7.39. The van der Waals surface area contributed by atoms with E-state index in [0.717, 1.165) is 35.1 Å². The number of hydrogen-bond acceptors (Lipinski definition) is 7. The summed E-state index contributed by atoms with van der Waals surface area (Å²) in [5.41, 5.74) is 3.17. The molecule has 1 aromatic carbocycles. The highest BCUT2D eigenvalue weighted by Crippen LogP contribution is 2.28. The largest absolute Gasteiger partial charge is 0.497 e. The van der Waals surface area contributed by atoms with Gasteiger partial charge in [0.1, 0.15) is 23.9 Å². The van der Waals surface area contributed by atoms with Gasteiger partial charge in [0.15, 0.2) is 6.26 Å². The van der Waals surface area contributed by atoms with E-state index in [-0.39, 0.29) is 24.8 Å². The van der Waals surface area contributed by atoms with Gasteiger partial charge in [-0.2, -0.15) is 0 Å². The first-order valence-corrected chi connectivity index (χ1v) is 12.3. The van der Waals surface area contributed by atoms with Gasteiger partial charge in [0.25, 0.3) is 0 Å². The van der Waals surface area contributed by atoms with Crippen LogP contribution in [0.1, 0.15) is 31.2 Å². The minimum atomic E-state index is -0.580. The third kappa shape index (κ3) is 5.94. The number of allylic oxidation sites excluding steroid dienone is 4. The van der Waals surface area contributed by atoms with Gasteiger partial charge in [-0.3, -0.25) is 9.78 Å². The predicted octanol–water partition coefficient (Wildman–Crippen LogP) is 4.47. The lowest BCUT2D eigenvalue weighted by Crippen LogP contribution is -2.31. The highest BCUT2D eigenvalue weighted by Gasteiger charge is 2.37. The van der Waals surface area contributed by atoms with Crippen molar-refractivity contribution in [3.05, 3.63) is 84.0 Å². The van der Waals surface area contributed by atoms with Crippen LogP contribution in [0.3, 0.4) is 0 Å². The summed E-state index contributed by atoms with van der Waals surface area (Å²) in [7, 11) is 1.63. The molecule has 2 aromatic rings. The van der Waals surface area contributed by atoms with Gasteiger partial charge in [-0.05, 0) is 49.1 Å². The van der Waals surface area contributed by atoms with Crippen molar-refractivity contribution in [2.75, 3.05) is 20.2 Å². The van der Waals surface area contributed by atoms with Crippen LogP contribution < -0.4 is 10.1 Å². The van der Waals surface area contributed by atoms with Gasteiger partial charge in [0, 0.05) is 24.5 Å². The molecule has 37 heavy (non-hydrogen) atoms. The van der Waals surface area contributed by atoms with E-state index in [4.69, 9.17) is 18.9 Å². The Morgan fingerprint density at radius 3 is 3.03 bits per heavy atom. The van der Waals surface area contributed by atoms with Gasteiger partial charge >= 0.3 is 6.09 Å². The first-order valence-electron chi connectivity index (χ1n) is 12.3. The molecule has 0 spiro atoms. The molecule has 1 aliphatic carbocycles. The number of methoxy groups -OCH3 is 1. The molecule has 1 N–H and O–H groups in total. The van der Waals surface area contributed by atoms with Crippen molar-refractivity contribution in [3.8, 4) is 5.75 Å². The van der Waals surface area contributed by atoms with E-state index in [9.17, 15) is 9.59 Å².